The summed E-state index contributed by atoms with van der Waals surface area (Å²) < 4.78 is 11.1. The molecule has 1 amide bonds. The Hall–Kier alpha value is -1.55. The summed E-state index contributed by atoms with van der Waals surface area (Å²) in [5.74, 6) is 1.51. The predicted octanol–water partition coefficient (Wildman–Crippen LogP) is 3.18. The summed E-state index contributed by atoms with van der Waals surface area (Å²) in [6.45, 7) is 3.59. The number of carbonyl (C=O) groups is 1. The molecular formula is C18H25NO3. The minimum Gasteiger partial charge on any atom is -0.495 e. The number of amides is 1. The average molecular weight is 303 g/mol. The van der Waals surface area contributed by atoms with Gasteiger partial charge in [-0.25, -0.2) is 0 Å². The molecule has 4 heteroatoms. The highest BCUT2D eigenvalue weighted by Crippen LogP contribution is 2.38. The number of ether oxygens (including phenoxy) is 2. The van der Waals surface area contributed by atoms with Crippen molar-refractivity contribution in [3.63, 3.8) is 0 Å². The molecule has 120 valence electrons. The number of aryl methyl sites for hydroxylation is 1. The molecule has 0 radical (unpaired) electrons. The summed E-state index contributed by atoms with van der Waals surface area (Å²) in [4.78, 5) is 14.7. The highest BCUT2D eigenvalue weighted by atomic mass is 16.5. The molecule has 1 heterocycles. The lowest BCUT2D eigenvalue weighted by Gasteiger charge is -2.37. The molecule has 22 heavy (non-hydrogen) atoms. The van der Waals surface area contributed by atoms with Crippen LogP contribution in [0.4, 0.5) is 5.69 Å². The molecule has 3 rings (SSSR count). The van der Waals surface area contributed by atoms with Crippen molar-refractivity contribution in [1.82, 2.24) is 0 Å². The normalized spacial score (nSPS) is 23.6. The van der Waals surface area contributed by atoms with Crippen LogP contribution in [-0.4, -0.2) is 32.3 Å². The minimum atomic E-state index is 0.227. The summed E-state index contributed by atoms with van der Waals surface area (Å²) in [6, 6.07) is 6.05. The number of nitrogens with zero attached hydrogens (tertiary/aromatic N) is 1. The molecule has 2 aliphatic rings. The zero-order chi connectivity index (χ0) is 15.5. The van der Waals surface area contributed by atoms with Gasteiger partial charge in [-0.05, 0) is 50.2 Å². The summed E-state index contributed by atoms with van der Waals surface area (Å²) in [6.07, 6.45) is 5.08. The molecule has 0 aromatic heterocycles. The fourth-order valence-electron chi connectivity index (χ4n) is 3.60. The van der Waals surface area contributed by atoms with Gasteiger partial charge in [-0.2, -0.15) is 0 Å². The van der Waals surface area contributed by atoms with Crippen LogP contribution in [0.15, 0.2) is 18.2 Å². The highest BCUT2D eigenvalue weighted by molar-refractivity contribution is 5.96. The smallest absolute Gasteiger partial charge is 0.227 e. The number of hydrogen-bond donors (Lipinski definition) is 0. The summed E-state index contributed by atoms with van der Waals surface area (Å²) in [5, 5.41) is 0. The number of benzene rings is 1. The Kier molecular flexibility index (Phi) is 4.67. The Morgan fingerprint density at radius 1 is 1.36 bits per heavy atom. The monoisotopic (exact) mass is 303 g/mol. The lowest BCUT2D eigenvalue weighted by Crippen LogP contribution is -2.40. The molecule has 0 bridgehead atoms. The van der Waals surface area contributed by atoms with E-state index in [4.69, 9.17) is 9.47 Å². The van der Waals surface area contributed by atoms with E-state index in [0.717, 1.165) is 50.3 Å². The van der Waals surface area contributed by atoms with Crippen molar-refractivity contribution in [3.8, 4) is 5.75 Å². The third-order valence-electron chi connectivity index (χ3n) is 4.76. The molecule has 0 spiro atoms. The molecule has 1 aromatic carbocycles. The topological polar surface area (TPSA) is 38.8 Å². The molecule has 1 aliphatic carbocycles. The van der Waals surface area contributed by atoms with Crippen LogP contribution in [0.1, 0.15) is 38.2 Å². The number of para-hydroxylation sites is 1. The van der Waals surface area contributed by atoms with Crippen LogP contribution >= 0.6 is 0 Å². The van der Waals surface area contributed by atoms with Gasteiger partial charge in [0.1, 0.15) is 5.75 Å². The Morgan fingerprint density at radius 3 is 2.91 bits per heavy atom. The maximum atomic E-state index is 12.7. The summed E-state index contributed by atoms with van der Waals surface area (Å²) >= 11 is 0. The molecular weight excluding hydrogens is 278 g/mol. The van der Waals surface area contributed by atoms with Gasteiger partial charge in [0.05, 0.1) is 18.9 Å². The maximum absolute atomic E-state index is 12.7. The molecule has 1 saturated carbocycles. The first-order valence-corrected chi connectivity index (χ1v) is 8.30. The number of rotatable bonds is 5. The summed E-state index contributed by atoms with van der Waals surface area (Å²) in [5.41, 5.74) is 2.21. The summed E-state index contributed by atoms with van der Waals surface area (Å²) in [7, 11) is 1.67. The molecule has 1 fully saturated rings. The van der Waals surface area contributed by atoms with Crippen LogP contribution < -0.4 is 9.64 Å². The second-order valence-corrected chi connectivity index (χ2v) is 6.24. The standard InChI is InChI=1S/C18H25NO3/c1-3-22-15-10-13(11-15)12-17(20)19-9-5-7-14-6-4-8-16(21-2)18(14)19/h4,6,8,13,15H,3,5,7,9-12H2,1-2H3. The van der Waals surface area contributed by atoms with Gasteiger partial charge in [0, 0.05) is 19.6 Å². The van der Waals surface area contributed by atoms with Crippen molar-refractivity contribution in [1.29, 1.82) is 0 Å². The zero-order valence-corrected chi connectivity index (χ0v) is 13.5. The van der Waals surface area contributed by atoms with E-state index in [1.54, 1.807) is 7.11 Å². The Bertz CT molecular complexity index is 523. The number of carbonyl (C=O) groups excluding carboxylic acids is 1. The van der Waals surface area contributed by atoms with E-state index in [2.05, 4.69) is 6.07 Å². The van der Waals surface area contributed by atoms with Crippen LogP contribution in [0.3, 0.4) is 0 Å². The number of hydrogen-bond acceptors (Lipinski definition) is 3. The second kappa shape index (κ2) is 6.69. The van der Waals surface area contributed by atoms with Crippen molar-refractivity contribution < 1.29 is 14.3 Å². The largest absolute Gasteiger partial charge is 0.495 e. The van der Waals surface area contributed by atoms with Crippen LogP contribution in [-0.2, 0) is 16.0 Å². The van der Waals surface area contributed by atoms with Crippen molar-refractivity contribution >= 4 is 11.6 Å². The van der Waals surface area contributed by atoms with Crippen LogP contribution in [0.25, 0.3) is 0 Å². The third-order valence-corrected chi connectivity index (χ3v) is 4.76. The zero-order valence-electron chi connectivity index (χ0n) is 13.5. The first kappa shape index (κ1) is 15.3. The Balaban J connectivity index is 1.68. The SMILES string of the molecule is CCOC1CC(CC(=O)N2CCCc3cccc(OC)c32)C1. The van der Waals surface area contributed by atoms with Crippen molar-refractivity contribution in [2.45, 2.75) is 45.1 Å². The van der Waals surface area contributed by atoms with E-state index in [0.29, 0.717) is 18.4 Å². The van der Waals surface area contributed by atoms with E-state index in [1.165, 1.54) is 5.56 Å². The number of anilines is 1. The van der Waals surface area contributed by atoms with E-state index < -0.39 is 0 Å². The van der Waals surface area contributed by atoms with E-state index in [1.807, 2.05) is 24.0 Å². The fraction of sp³-hybridized carbons (Fsp3) is 0.611. The molecule has 0 unspecified atom stereocenters. The maximum Gasteiger partial charge on any atom is 0.227 e. The van der Waals surface area contributed by atoms with Crippen LogP contribution in [0.2, 0.25) is 0 Å². The molecule has 1 aromatic rings. The molecule has 1 aliphatic heterocycles. The quantitative estimate of drug-likeness (QED) is 0.838. The molecule has 4 nitrogen and oxygen atoms in total. The van der Waals surface area contributed by atoms with Gasteiger partial charge in [0.15, 0.2) is 0 Å². The minimum absolute atomic E-state index is 0.227. The number of fused-ring (bicyclic) bond motifs is 1. The van der Waals surface area contributed by atoms with Gasteiger partial charge < -0.3 is 14.4 Å². The van der Waals surface area contributed by atoms with Gasteiger partial charge in [-0.3, -0.25) is 4.79 Å². The van der Waals surface area contributed by atoms with Gasteiger partial charge in [-0.15, -0.1) is 0 Å². The molecule has 0 atom stereocenters. The van der Waals surface area contributed by atoms with Gasteiger partial charge in [-0.1, -0.05) is 12.1 Å². The van der Waals surface area contributed by atoms with E-state index in [-0.39, 0.29) is 5.91 Å². The van der Waals surface area contributed by atoms with Gasteiger partial charge in [0.2, 0.25) is 5.91 Å². The van der Waals surface area contributed by atoms with E-state index in [9.17, 15) is 4.79 Å². The fourth-order valence-corrected chi connectivity index (χ4v) is 3.60. The lowest BCUT2D eigenvalue weighted by molar-refractivity contribution is -0.121. The van der Waals surface area contributed by atoms with Gasteiger partial charge >= 0.3 is 0 Å². The Morgan fingerprint density at radius 2 is 2.18 bits per heavy atom. The van der Waals surface area contributed by atoms with Gasteiger partial charge in [0.25, 0.3) is 0 Å². The first-order chi connectivity index (χ1) is 10.7. The van der Waals surface area contributed by atoms with Crippen molar-refractivity contribution in [2.75, 3.05) is 25.2 Å². The molecule has 0 saturated heterocycles. The van der Waals surface area contributed by atoms with E-state index >= 15 is 0 Å². The van der Waals surface area contributed by atoms with Crippen molar-refractivity contribution in [2.24, 2.45) is 5.92 Å². The van der Waals surface area contributed by atoms with Crippen LogP contribution in [0.5, 0.6) is 5.75 Å². The average Bonchev–Trinajstić information content (AvgIpc) is 2.51. The Labute approximate surface area is 132 Å². The van der Waals surface area contributed by atoms with Crippen molar-refractivity contribution in [3.05, 3.63) is 23.8 Å². The van der Waals surface area contributed by atoms with Crippen LogP contribution in [0, 0.1) is 5.92 Å². The first-order valence-electron chi connectivity index (χ1n) is 8.30. The lowest BCUT2D eigenvalue weighted by atomic mass is 9.79. The highest BCUT2D eigenvalue weighted by Gasteiger charge is 2.34. The second-order valence-electron chi connectivity index (χ2n) is 6.24. The molecule has 0 N–H and O–H groups in total. The predicted molar refractivity (Wildman–Crippen MR) is 86.4 cm³/mol. The third kappa shape index (κ3) is 2.98. The number of methoxy groups -OCH3 is 1.